The molecule has 1 aliphatic heterocycles. The number of nitrogens with one attached hydrogen (secondary N) is 1. The third-order valence-electron chi connectivity index (χ3n) is 4.50. The molecule has 146 valence electrons. The number of hydrogen-bond acceptors (Lipinski definition) is 5. The highest BCUT2D eigenvalue weighted by atomic mass is 16.6. The smallest absolute Gasteiger partial charge is 0.410 e. The van der Waals surface area contributed by atoms with Crippen LogP contribution in [0.25, 0.3) is 0 Å². The highest BCUT2D eigenvalue weighted by Gasteiger charge is 2.44. The van der Waals surface area contributed by atoms with Crippen LogP contribution >= 0.6 is 0 Å². The van der Waals surface area contributed by atoms with E-state index in [4.69, 9.17) is 9.47 Å². The molecule has 1 fully saturated rings. The summed E-state index contributed by atoms with van der Waals surface area (Å²) in [5.41, 5.74) is -0.790. The Hall–Kier alpha value is -2.75. The van der Waals surface area contributed by atoms with Gasteiger partial charge in [-0.3, -0.25) is 0 Å². The van der Waals surface area contributed by atoms with Crippen molar-refractivity contribution in [2.75, 3.05) is 13.1 Å². The average molecular weight is 373 g/mol. The molecule has 1 aromatic carbocycles. The van der Waals surface area contributed by atoms with Gasteiger partial charge in [0.2, 0.25) is 0 Å². The van der Waals surface area contributed by atoms with Gasteiger partial charge < -0.3 is 19.7 Å². The largest absolute Gasteiger partial charge is 0.445 e. The molecule has 0 radical (unpaired) electrons. The summed E-state index contributed by atoms with van der Waals surface area (Å²) in [5.74, 6) is -0.270. The van der Waals surface area contributed by atoms with Crippen molar-refractivity contribution in [3.8, 4) is 6.07 Å². The first-order valence-corrected chi connectivity index (χ1v) is 9.03. The molecule has 1 aromatic rings. The summed E-state index contributed by atoms with van der Waals surface area (Å²) in [6.45, 7) is 8.03. The van der Waals surface area contributed by atoms with Gasteiger partial charge in [-0.25, -0.2) is 9.59 Å². The fourth-order valence-corrected chi connectivity index (χ4v) is 2.95. The third kappa shape index (κ3) is 5.61. The second-order valence-corrected chi connectivity index (χ2v) is 7.85. The zero-order chi connectivity index (χ0) is 20.1. The van der Waals surface area contributed by atoms with E-state index in [1.54, 1.807) is 4.90 Å². The lowest BCUT2D eigenvalue weighted by molar-refractivity contribution is 0.00977. The second kappa shape index (κ2) is 8.30. The van der Waals surface area contributed by atoms with E-state index in [9.17, 15) is 14.9 Å². The van der Waals surface area contributed by atoms with Gasteiger partial charge in [0.05, 0.1) is 6.07 Å². The number of amides is 2. The van der Waals surface area contributed by atoms with Crippen molar-refractivity contribution in [2.24, 2.45) is 5.92 Å². The van der Waals surface area contributed by atoms with Gasteiger partial charge in [0, 0.05) is 25.4 Å². The minimum Gasteiger partial charge on any atom is -0.445 e. The van der Waals surface area contributed by atoms with Crippen molar-refractivity contribution < 1.29 is 19.1 Å². The van der Waals surface area contributed by atoms with E-state index in [-0.39, 0.29) is 12.5 Å². The van der Waals surface area contributed by atoms with Crippen molar-refractivity contribution in [3.05, 3.63) is 35.9 Å². The van der Waals surface area contributed by atoms with Crippen LogP contribution in [0, 0.1) is 17.2 Å². The number of alkyl carbamates (subject to hydrolysis) is 1. The van der Waals surface area contributed by atoms with Gasteiger partial charge in [-0.15, -0.1) is 0 Å². The number of carbonyl (C=O) groups excluding carboxylic acids is 2. The predicted octanol–water partition coefficient (Wildman–Crippen LogP) is 3.45. The van der Waals surface area contributed by atoms with E-state index in [1.165, 1.54) is 0 Å². The van der Waals surface area contributed by atoms with Crippen molar-refractivity contribution in [1.29, 1.82) is 5.26 Å². The molecule has 7 heteroatoms. The fraction of sp³-hybridized carbons (Fsp3) is 0.550. The highest BCUT2D eigenvalue weighted by Crippen LogP contribution is 2.28. The summed E-state index contributed by atoms with van der Waals surface area (Å²) in [4.78, 5) is 26.0. The normalized spacial score (nSPS) is 22.5. The standard InChI is InChI=1S/C20H27N3O4/c1-15-12-23(18(25)27-19(2,3)4)11-10-20(15,14-21)22-17(24)26-13-16-8-6-5-7-9-16/h5-9,15H,10-13H2,1-4H3,(H,22,24). The number of rotatable bonds is 3. The van der Waals surface area contributed by atoms with E-state index < -0.39 is 23.3 Å². The first-order valence-electron chi connectivity index (χ1n) is 9.03. The molecular weight excluding hydrogens is 346 g/mol. The third-order valence-corrected chi connectivity index (χ3v) is 4.50. The topological polar surface area (TPSA) is 91.7 Å². The zero-order valence-corrected chi connectivity index (χ0v) is 16.3. The molecule has 0 aliphatic carbocycles. The van der Waals surface area contributed by atoms with E-state index in [1.807, 2.05) is 58.0 Å². The number of nitriles is 1. The summed E-state index contributed by atoms with van der Waals surface area (Å²) >= 11 is 0. The average Bonchev–Trinajstić information content (AvgIpc) is 2.61. The van der Waals surface area contributed by atoms with Crippen LogP contribution in [-0.4, -0.2) is 41.3 Å². The number of piperidine rings is 1. The van der Waals surface area contributed by atoms with Crippen molar-refractivity contribution in [2.45, 2.75) is 51.9 Å². The van der Waals surface area contributed by atoms with E-state index >= 15 is 0 Å². The first-order chi connectivity index (χ1) is 12.6. The Morgan fingerprint density at radius 1 is 1.33 bits per heavy atom. The Morgan fingerprint density at radius 3 is 2.56 bits per heavy atom. The van der Waals surface area contributed by atoms with Gasteiger partial charge in [-0.1, -0.05) is 37.3 Å². The zero-order valence-electron chi connectivity index (χ0n) is 16.3. The second-order valence-electron chi connectivity index (χ2n) is 7.85. The maximum atomic E-state index is 12.2. The number of carbonyl (C=O) groups is 2. The van der Waals surface area contributed by atoms with Crippen LogP contribution in [-0.2, 0) is 16.1 Å². The van der Waals surface area contributed by atoms with Gasteiger partial charge in [0.1, 0.15) is 17.7 Å². The van der Waals surface area contributed by atoms with Crippen LogP contribution in [0.3, 0.4) is 0 Å². The highest BCUT2D eigenvalue weighted by molar-refractivity contribution is 5.70. The summed E-state index contributed by atoms with van der Waals surface area (Å²) in [6.07, 6.45) is -0.741. The Kier molecular flexibility index (Phi) is 6.32. The molecule has 27 heavy (non-hydrogen) atoms. The lowest BCUT2D eigenvalue weighted by Gasteiger charge is -2.42. The molecular formula is C20H27N3O4. The van der Waals surface area contributed by atoms with Gasteiger partial charge in [0.15, 0.2) is 0 Å². The maximum Gasteiger partial charge on any atom is 0.410 e. The summed E-state index contributed by atoms with van der Waals surface area (Å²) < 4.78 is 10.6. The summed E-state index contributed by atoms with van der Waals surface area (Å²) in [7, 11) is 0. The van der Waals surface area contributed by atoms with Crippen LogP contribution in [0.2, 0.25) is 0 Å². The van der Waals surface area contributed by atoms with Crippen LogP contribution in [0.1, 0.15) is 39.7 Å². The van der Waals surface area contributed by atoms with Crippen LogP contribution < -0.4 is 5.32 Å². The molecule has 1 saturated heterocycles. The Bertz CT molecular complexity index is 708. The van der Waals surface area contributed by atoms with Crippen LogP contribution in [0.5, 0.6) is 0 Å². The maximum absolute atomic E-state index is 12.2. The number of hydrogen-bond donors (Lipinski definition) is 1. The SMILES string of the molecule is CC1CN(C(=O)OC(C)(C)C)CCC1(C#N)NC(=O)OCc1ccccc1. The predicted molar refractivity (Wildman–Crippen MR) is 99.7 cm³/mol. The summed E-state index contributed by atoms with van der Waals surface area (Å²) in [6, 6.07) is 11.5. The number of likely N-dealkylation sites (tertiary alicyclic amines) is 1. The molecule has 2 amide bonds. The molecule has 1 aliphatic rings. The minimum absolute atomic E-state index is 0.132. The molecule has 0 aromatic heterocycles. The van der Waals surface area contributed by atoms with Crippen molar-refractivity contribution in [3.63, 3.8) is 0 Å². The minimum atomic E-state index is -1.08. The molecule has 0 bridgehead atoms. The fourth-order valence-electron chi connectivity index (χ4n) is 2.95. The Balaban J connectivity index is 1.94. The monoisotopic (exact) mass is 373 g/mol. The van der Waals surface area contributed by atoms with Gasteiger partial charge in [-0.2, -0.15) is 5.26 Å². The molecule has 2 atom stereocenters. The van der Waals surface area contributed by atoms with E-state index in [0.717, 1.165) is 5.56 Å². The molecule has 0 saturated carbocycles. The molecule has 7 nitrogen and oxygen atoms in total. The molecule has 1 N–H and O–H groups in total. The Labute approximate surface area is 160 Å². The number of benzene rings is 1. The van der Waals surface area contributed by atoms with Crippen molar-refractivity contribution >= 4 is 12.2 Å². The van der Waals surface area contributed by atoms with Crippen LogP contribution in [0.4, 0.5) is 9.59 Å². The number of nitrogens with zero attached hydrogens (tertiary/aromatic N) is 2. The van der Waals surface area contributed by atoms with Crippen molar-refractivity contribution in [1.82, 2.24) is 10.2 Å². The lowest BCUT2D eigenvalue weighted by atomic mass is 9.80. The first kappa shape index (κ1) is 20.6. The Morgan fingerprint density at radius 2 is 2.00 bits per heavy atom. The summed E-state index contributed by atoms with van der Waals surface area (Å²) in [5, 5.41) is 12.4. The molecule has 1 heterocycles. The molecule has 2 unspecified atom stereocenters. The van der Waals surface area contributed by atoms with Gasteiger partial charge in [-0.05, 0) is 26.3 Å². The quantitative estimate of drug-likeness (QED) is 0.876. The lowest BCUT2D eigenvalue weighted by Crippen LogP contribution is -2.60. The van der Waals surface area contributed by atoms with Crippen LogP contribution in [0.15, 0.2) is 30.3 Å². The van der Waals surface area contributed by atoms with Gasteiger partial charge in [0.25, 0.3) is 0 Å². The van der Waals surface area contributed by atoms with E-state index in [0.29, 0.717) is 19.5 Å². The van der Waals surface area contributed by atoms with E-state index in [2.05, 4.69) is 11.4 Å². The number of ether oxygens (including phenoxy) is 2. The molecule has 0 spiro atoms. The van der Waals surface area contributed by atoms with Gasteiger partial charge >= 0.3 is 12.2 Å². The molecule has 2 rings (SSSR count).